The quantitative estimate of drug-likeness (QED) is 0.710. The van der Waals surface area contributed by atoms with Gasteiger partial charge in [-0.3, -0.25) is 9.59 Å². The molecule has 9 nitrogen and oxygen atoms in total. The highest BCUT2D eigenvalue weighted by molar-refractivity contribution is 7.89. The number of carbonyl (C=O) groups is 2. The number of methoxy groups -OCH3 is 1. The van der Waals surface area contributed by atoms with Gasteiger partial charge in [-0.25, -0.2) is 8.42 Å². The minimum atomic E-state index is -3.76. The van der Waals surface area contributed by atoms with E-state index in [1.807, 2.05) is 0 Å². The lowest BCUT2D eigenvalue weighted by atomic mass is 9.97. The smallest absolute Gasteiger partial charge is 0.265 e. The Balaban J connectivity index is 1.39. The van der Waals surface area contributed by atoms with Gasteiger partial charge in [0.25, 0.3) is 5.91 Å². The standard InChI is InChI=1S/C22H25N3O6S/c1-14-21(26)24-19-13-18(7-8-20(19)31-14)32(28,29)25-11-9-15(10-12-25)22(27)23-16-3-5-17(30-2)6-4-16/h3-8,13-15H,9-12H2,1-2H3,(H,23,27)(H,24,26). The minimum Gasteiger partial charge on any atom is -0.497 e. The number of carbonyl (C=O) groups excluding carboxylic acids is 2. The number of rotatable bonds is 5. The molecule has 0 aromatic heterocycles. The maximum atomic E-state index is 13.1. The van der Waals surface area contributed by atoms with Crippen LogP contribution in [0.5, 0.6) is 11.5 Å². The molecule has 0 saturated carbocycles. The van der Waals surface area contributed by atoms with Crippen LogP contribution in [0.2, 0.25) is 0 Å². The molecule has 1 unspecified atom stereocenters. The van der Waals surface area contributed by atoms with E-state index in [0.717, 1.165) is 0 Å². The summed E-state index contributed by atoms with van der Waals surface area (Å²) < 4.78 is 38.2. The predicted molar refractivity (Wildman–Crippen MR) is 118 cm³/mol. The molecule has 170 valence electrons. The monoisotopic (exact) mass is 459 g/mol. The number of ether oxygens (including phenoxy) is 2. The number of nitrogens with zero attached hydrogens (tertiary/aromatic N) is 1. The topological polar surface area (TPSA) is 114 Å². The van der Waals surface area contributed by atoms with Gasteiger partial charge in [0.1, 0.15) is 11.5 Å². The lowest BCUT2D eigenvalue weighted by Crippen LogP contribution is -2.41. The van der Waals surface area contributed by atoms with Crippen LogP contribution < -0.4 is 20.1 Å². The summed E-state index contributed by atoms with van der Waals surface area (Å²) in [5.74, 6) is 0.404. The molecule has 10 heteroatoms. The van der Waals surface area contributed by atoms with E-state index >= 15 is 0 Å². The highest BCUT2D eigenvalue weighted by Gasteiger charge is 2.33. The summed E-state index contributed by atoms with van der Waals surface area (Å²) >= 11 is 0. The predicted octanol–water partition coefficient (Wildman–Crippen LogP) is 2.45. The first-order valence-corrected chi connectivity index (χ1v) is 11.8. The largest absolute Gasteiger partial charge is 0.497 e. The summed E-state index contributed by atoms with van der Waals surface area (Å²) in [7, 11) is -2.19. The molecule has 0 radical (unpaired) electrons. The van der Waals surface area contributed by atoms with Gasteiger partial charge in [0, 0.05) is 24.7 Å². The Hall–Kier alpha value is -3.11. The molecule has 1 fully saturated rings. The summed E-state index contributed by atoms with van der Waals surface area (Å²) in [5.41, 5.74) is 1.00. The van der Waals surface area contributed by atoms with Gasteiger partial charge in [-0.1, -0.05) is 0 Å². The first-order chi connectivity index (χ1) is 15.3. The number of anilines is 2. The molecule has 0 spiro atoms. The van der Waals surface area contributed by atoms with Gasteiger partial charge in [-0.05, 0) is 62.2 Å². The normalized spacial score (nSPS) is 19.4. The zero-order valence-corrected chi connectivity index (χ0v) is 18.6. The number of amides is 2. The van der Waals surface area contributed by atoms with Crippen LogP contribution in [-0.4, -0.2) is 50.8 Å². The molecular weight excluding hydrogens is 434 g/mol. The molecule has 2 aromatic rings. The average molecular weight is 460 g/mol. The zero-order valence-electron chi connectivity index (χ0n) is 17.8. The van der Waals surface area contributed by atoms with Gasteiger partial charge in [0.15, 0.2) is 6.10 Å². The molecule has 2 N–H and O–H groups in total. The van der Waals surface area contributed by atoms with Crippen molar-refractivity contribution < 1.29 is 27.5 Å². The average Bonchev–Trinajstić information content (AvgIpc) is 2.80. The van der Waals surface area contributed by atoms with Crippen LogP contribution in [0.4, 0.5) is 11.4 Å². The second-order valence-electron chi connectivity index (χ2n) is 7.80. The van der Waals surface area contributed by atoms with E-state index in [4.69, 9.17) is 9.47 Å². The Morgan fingerprint density at radius 3 is 2.50 bits per heavy atom. The first kappa shape index (κ1) is 22.1. The lowest BCUT2D eigenvalue weighted by molar-refractivity contribution is -0.123. The third kappa shape index (κ3) is 4.42. The molecule has 4 rings (SSSR count). The van der Waals surface area contributed by atoms with Crippen LogP contribution in [0.3, 0.4) is 0 Å². The zero-order chi connectivity index (χ0) is 22.9. The maximum absolute atomic E-state index is 13.1. The van der Waals surface area contributed by atoms with Crippen molar-refractivity contribution in [2.24, 2.45) is 5.92 Å². The summed E-state index contributed by atoms with van der Waals surface area (Å²) in [5, 5.41) is 5.54. The second-order valence-corrected chi connectivity index (χ2v) is 9.74. The van der Waals surface area contributed by atoms with Gasteiger partial charge in [0.05, 0.1) is 17.7 Å². The van der Waals surface area contributed by atoms with Gasteiger partial charge >= 0.3 is 0 Å². The molecule has 0 bridgehead atoms. The van der Waals surface area contributed by atoms with Crippen LogP contribution in [0, 0.1) is 5.92 Å². The number of benzene rings is 2. The maximum Gasteiger partial charge on any atom is 0.265 e. The van der Waals surface area contributed by atoms with Crippen molar-refractivity contribution in [3.63, 3.8) is 0 Å². The third-order valence-corrected chi connectivity index (χ3v) is 7.60. The summed E-state index contributed by atoms with van der Waals surface area (Å²) in [6.07, 6.45) is 0.209. The fourth-order valence-electron chi connectivity index (χ4n) is 3.77. The molecular formula is C22H25N3O6S. The third-order valence-electron chi connectivity index (χ3n) is 5.70. The number of fused-ring (bicyclic) bond motifs is 1. The number of nitrogens with one attached hydrogen (secondary N) is 2. The summed E-state index contributed by atoms with van der Waals surface area (Å²) in [6.45, 7) is 2.10. The van der Waals surface area contributed by atoms with E-state index in [1.165, 1.54) is 16.4 Å². The highest BCUT2D eigenvalue weighted by atomic mass is 32.2. The van der Waals surface area contributed by atoms with Crippen LogP contribution in [0.25, 0.3) is 0 Å². The molecule has 2 amide bonds. The Morgan fingerprint density at radius 1 is 1.16 bits per heavy atom. The highest BCUT2D eigenvalue weighted by Crippen LogP contribution is 2.33. The first-order valence-electron chi connectivity index (χ1n) is 10.3. The van der Waals surface area contributed by atoms with Crippen molar-refractivity contribution in [1.82, 2.24) is 4.31 Å². The van der Waals surface area contributed by atoms with E-state index in [-0.39, 0.29) is 35.7 Å². The van der Waals surface area contributed by atoms with Crippen molar-refractivity contribution in [3.05, 3.63) is 42.5 Å². The number of hydrogen-bond donors (Lipinski definition) is 2. The Labute approximate surface area is 186 Å². The van der Waals surface area contributed by atoms with Crippen LogP contribution in [0.1, 0.15) is 19.8 Å². The van der Waals surface area contributed by atoms with Gasteiger partial charge < -0.3 is 20.1 Å². The van der Waals surface area contributed by atoms with Crippen LogP contribution >= 0.6 is 0 Å². The van der Waals surface area contributed by atoms with Crippen LogP contribution in [-0.2, 0) is 19.6 Å². The Bertz CT molecular complexity index is 1120. The summed E-state index contributed by atoms with van der Waals surface area (Å²) in [4.78, 5) is 24.5. The number of piperidine rings is 1. The van der Waals surface area contributed by atoms with E-state index < -0.39 is 16.1 Å². The Kier molecular flexibility index (Phi) is 6.07. The van der Waals surface area contributed by atoms with Gasteiger partial charge in [0.2, 0.25) is 15.9 Å². The lowest BCUT2D eigenvalue weighted by Gasteiger charge is -2.31. The molecule has 2 aromatic carbocycles. The summed E-state index contributed by atoms with van der Waals surface area (Å²) in [6, 6.07) is 11.5. The number of hydrogen-bond acceptors (Lipinski definition) is 6. The molecule has 1 atom stereocenters. The van der Waals surface area contributed by atoms with Crippen LogP contribution in [0.15, 0.2) is 47.4 Å². The van der Waals surface area contributed by atoms with E-state index in [1.54, 1.807) is 44.4 Å². The van der Waals surface area contributed by atoms with Gasteiger partial charge in [-0.15, -0.1) is 0 Å². The molecule has 2 aliphatic rings. The minimum absolute atomic E-state index is 0.0795. The fraction of sp³-hybridized carbons (Fsp3) is 0.364. The fourth-order valence-corrected chi connectivity index (χ4v) is 5.27. The molecule has 2 aliphatic heterocycles. The molecule has 32 heavy (non-hydrogen) atoms. The molecule has 0 aliphatic carbocycles. The van der Waals surface area contributed by atoms with Gasteiger partial charge in [-0.2, -0.15) is 4.31 Å². The van der Waals surface area contributed by atoms with Crippen molar-refractivity contribution in [1.29, 1.82) is 0 Å². The Morgan fingerprint density at radius 2 is 1.84 bits per heavy atom. The van der Waals surface area contributed by atoms with Crippen molar-refractivity contribution >= 4 is 33.2 Å². The van der Waals surface area contributed by atoms with E-state index in [2.05, 4.69) is 10.6 Å². The number of sulfonamides is 1. The van der Waals surface area contributed by atoms with Crippen molar-refractivity contribution in [2.45, 2.75) is 30.8 Å². The van der Waals surface area contributed by atoms with E-state index in [0.29, 0.717) is 35.7 Å². The second kappa shape index (κ2) is 8.79. The van der Waals surface area contributed by atoms with Crippen molar-refractivity contribution in [3.8, 4) is 11.5 Å². The van der Waals surface area contributed by atoms with E-state index in [9.17, 15) is 18.0 Å². The molecule has 2 heterocycles. The SMILES string of the molecule is COc1ccc(NC(=O)C2CCN(S(=O)(=O)c3ccc4c(c3)NC(=O)C(C)O4)CC2)cc1. The molecule has 1 saturated heterocycles. The van der Waals surface area contributed by atoms with Crippen molar-refractivity contribution in [2.75, 3.05) is 30.8 Å².